The smallest absolute Gasteiger partial charge is 0.387 e. The average molecular weight is 410 g/mol. The number of halogens is 2. The van der Waals surface area contributed by atoms with Gasteiger partial charge >= 0.3 is 18.3 Å². The number of nitrogens with zero attached hydrogens (tertiary/aromatic N) is 1. The Hall–Kier alpha value is -3.76. The molecule has 0 radical (unpaired) electrons. The Morgan fingerprint density at radius 2 is 1.79 bits per heavy atom. The third kappa shape index (κ3) is 5.61. The third-order valence-corrected chi connectivity index (χ3v) is 3.61. The maximum atomic E-state index is 12.5. The summed E-state index contributed by atoms with van der Waals surface area (Å²) in [6.07, 6.45) is -1.24. The summed E-state index contributed by atoms with van der Waals surface area (Å²) < 4.78 is 39.1. The Labute approximate surface area is 163 Å². The van der Waals surface area contributed by atoms with Gasteiger partial charge in [0.1, 0.15) is 5.75 Å². The van der Waals surface area contributed by atoms with Crippen LogP contribution in [-0.2, 0) is 9.53 Å². The van der Waals surface area contributed by atoms with Gasteiger partial charge in [-0.1, -0.05) is 12.1 Å². The second kappa shape index (κ2) is 9.44. The number of rotatable bonds is 8. The molecule has 0 saturated heterocycles. The van der Waals surface area contributed by atoms with E-state index in [4.69, 9.17) is 4.74 Å². The van der Waals surface area contributed by atoms with Crippen molar-refractivity contribution in [3.63, 3.8) is 0 Å². The van der Waals surface area contributed by atoms with Crippen LogP contribution in [0.1, 0.15) is 17.3 Å². The summed E-state index contributed by atoms with van der Waals surface area (Å²) in [7, 11) is 1.13. The van der Waals surface area contributed by atoms with Crippen molar-refractivity contribution in [1.29, 1.82) is 0 Å². The predicted octanol–water partition coefficient (Wildman–Crippen LogP) is 3.39. The topological polar surface area (TPSA) is 117 Å². The number of nitro benzene ring substituents is 1. The van der Waals surface area contributed by atoms with Gasteiger partial charge in [0.05, 0.1) is 23.3 Å². The van der Waals surface area contributed by atoms with Crippen molar-refractivity contribution in [2.24, 2.45) is 0 Å². The first-order chi connectivity index (χ1) is 13.7. The highest BCUT2D eigenvalue weighted by atomic mass is 19.3. The van der Waals surface area contributed by atoms with Crippen LogP contribution < -0.4 is 14.8 Å². The molecule has 1 amide bonds. The molecule has 0 aliphatic carbocycles. The number of ether oxygens (including phenoxy) is 3. The average Bonchev–Trinajstić information content (AvgIpc) is 2.68. The first kappa shape index (κ1) is 21.5. The Balaban J connectivity index is 2.18. The minimum atomic E-state index is -3.09. The molecule has 0 unspecified atom stereocenters. The van der Waals surface area contributed by atoms with Gasteiger partial charge in [-0.05, 0) is 31.2 Å². The fraction of sp³-hybridized carbons (Fsp3) is 0.222. The summed E-state index contributed by atoms with van der Waals surface area (Å²) in [6.45, 7) is -1.78. The molecule has 2 aromatic carbocycles. The van der Waals surface area contributed by atoms with Crippen molar-refractivity contribution in [3.05, 3.63) is 58.1 Å². The zero-order chi connectivity index (χ0) is 21.6. The van der Waals surface area contributed by atoms with Crippen LogP contribution in [0.4, 0.5) is 20.2 Å². The Morgan fingerprint density at radius 1 is 1.10 bits per heavy atom. The molecule has 0 aliphatic rings. The lowest BCUT2D eigenvalue weighted by atomic mass is 10.2. The lowest BCUT2D eigenvalue weighted by Gasteiger charge is -2.16. The number of benzene rings is 2. The molecular weight excluding hydrogens is 394 g/mol. The number of methoxy groups -OCH3 is 1. The molecule has 11 heteroatoms. The molecule has 0 aliphatic heterocycles. The van der Waals surface area contributed by atoms with E-state index >= 15 is 0 Å². The van der Waals surface area contributed by atoms with E-state index in [1.54, 1.807) is 0 Å². The highest BCUT2D eigenvalue weighted by Crippen LogP contribution is 2.30. The van der Waals surface area contributed by atoms with E-state index in [1.165, 1.54) is 37.3 Å². The molecule has 0 spiro atoms. The monoisotopic (exact) mass is 410 g/mol. The number of nitro groups is 1. The largest absolute Gasteiger partial charge is 0.474 e. The van der Waals surface area contributed by atoms with Crippen LogP contribution in [0.2, 0.25) is 0 Å². The van der Waals surface area contributed by atoms with Crippen molar-refractivity contribution in [3.8, 4) is 11.5 Å². The second-order valence-electron chi connectivity index (χ2n) is 5.56. The van der Waals surface area contributed by atoms with Crippen LogP contribution in [0.3, 0.4) is 0 Å². The molecule has 2 aromatic rings. The van der Waals surface area contributed by atoms with Crippen molar-refractivity contribution in [2.45, 2.75) is 19.6 Å². The fourth-order valence-corrected chi connectivity index (χ4v) is 2.25. The highest BCUT2D eigenvalue weighted by molar-refractivity contribution is 5.95. The Morgan fingerprint density at radius 3 is 2.41 bits per heavy atom. The summed E-state index contributed by atoms with van der Waals surface area (Å²) in [4.78, 5) is 34.3. The molecule has 2 rings (SSSR count). The van der Waals surface area contributed by atoms with E-state index in [1.807, 2.05) is 0 Å². The van der Waals surface area contributed by atoms with E-state index in [0.717, 1.165) is 19.2 Å². The van der Waals surface area contributed by atoms with Crippen LogP contribution in [0, 0.1) is 10.1 Å². The Bertz CT molecular complexity index is 921. The number of carbonyl (C=O) groups is 2. The summed E-state index contributed by atoms with van der Waals surface area (Å²) in [5, 5.41) is 13.6. The molecule has 0 heterocycles. The number of hydrogen-bond acceptors (Lipinski definition) is 7. The van der Waals surface area contributed by atoms with Gasteiger partial charge in [-0.2, -0.15) is 8.78 Å². The maximum absolute atomic E-state index is 12.5. The molecule has 1 N–H and O–H groups in total. The molecule has 9 nitrogen and oxygen atoms in total. The fourth-order valence-electron chi connectivity index (χ4n) is 2.25. The van der Waals surface area contributed by atoms with Crippen LogP contribution >= 0.6 is 0 Å². The van der Waals surface area contributed by atoms with Gasteiger partial charge in [-0.15, -0.1) is 0 Å². The highest BCUT2D eigenvalue weighted by Gasteiger charge is 2.24. The zero-order valence-electron chi connectivity index (χ0n) is 15.3. The summed E-state index contributed by atoms with van der Waals surface area (Å²) in [5.41, 5.74) is -0.639. The lowest BCUT2D eigenvalue weighted by Crippen LogP contribution is -2.30. The van der Waals surface area contributed by atoms with Gasteiger partial charge in [0.2, 0.25) is 0 Å². The number of nitrogens with one attached hydrogen (secondary N) is 1. The second-order valence-corrected chi connectivity index (χ2v) is 5.56. The number of para-hydroxylation sites is 2. The molecule has 1 atom stereocenters. The number of alkyl halides is 2. The van der Waals surface area contributed by atoms with Crippen molar-refractivity contribution < 1.29 is 37.5 Å². The summed E-state index contributed by atoms with van der Waals surface area (Å²) in [5.74, 6) is -2.05. The normalized spacial score (nSPS) is 11.5. The molecular formula is C18H16F2N2O7. The van der Waals surface area contributed by atoms with Crippen LogP contribution in [0.25, 0.3) is 0 Å². The van der Waals surface area contributed by atoms with Gasteiger partial charge in [-0.25, -0.2) is 4.79 Å². The Kier molecular flexibility index (Phi) is 7.01. The summed E-state index contributed by atoms with van der Waals surface area (Å²) >= 11 is 0. The van der Waals surface area contributed by atoms with E-state index < -0.39 is 35.2 Å². The number of anilines is 1. The number of esters is 1. The zero-order valence-corrected chi connectivity index (χ0v) is 15.3. The molecule has 29 heavy (non-hydrogen) atoms. The van der Waals surface area contributed by atoms with Gasteiger partial charge in [0.15, 0.2) is 11.9 Å². The first-order valence-corrected chi connectivity index (χ1v) is 8.11. The van der Waals surface area contributed by atoms with E-state index in [9.17, 15) is 28.5 Å². The van der Waals surface area contributed by atoms with Gasteiger partial charge < -0.3 is 19.5 Å². The minimum Gasteiger partial charge on any atom is -0.474 e. The quantitative estimate of drug-likeness (QED) is 0.403. The van der Waals surface area contributed by atoms with Crippen LogP contribution in [0.5, 0.6) is 11.5 Å². The number of amides is 1. The standard InChI is InChI=1S/C18H16F2N2O7/c1-10(16(23)21-12-5-3-4-6-14(12)29-18(19)20)28-15-8-7-11(17(24)27-2)9-13(15)22(25)26/h3-10,18H,1-2H3,(H,21,23)/t10-/m1/s1. The van der Waals surface area contributed by atoms with Crippen molar-refractivity contribution in [2.75, 3.05) is 12.4 Å². The van der Waals surface area contributed by atoms with E-state index in [0.29, 0.717) is 0 Å². The minimum absolute atomic E-state index is 0.0243. The van der Waals surface area contributed by atoms with Gasteiger partial charge in [0, 0.05) is 6.07 Å². The van der Waals surface area contributed by atoms with Gasteiger partial charge in [0.25, 0.3) is 5.91 Å². The van der Waals surface area contributed by atoms with Gasteiger partial charge in [-0.3, -0.25) is 14.9 Å². The summed E-state index contributed by atoms with van der Waals surface area (Å²) in [6, 6.07) is 8.87. The maximum Gasteiger partial charge on any atom is 0.387 e. The molecule has 0 fully saturated rings. The molecule has 0 aromatic heterocycles. The van der Waals surface area contributed by atoms with Crippen molar-refractivity contribution >= 4 is 23.3 Å². The predicted molar refractivity (Wildman–Crippen MR) is 96.2 cm³/mol. The van der Waals surface area contributed by atoms with E-state index in [2.05, 4.69) is 14.8 Å². The van der Waals surface area contributed by atoms with Crippen LogP contribution in [-0.4, -0.2) is 36.6 Å². The number of carbonyl (C=O) groups excluding carboxylic acids is 2. The lowest BCUT2D eigenvalue weighted by molar-refractivity contribution is -0.386. The van der Waals surface area contributed by atoms with Crippen LogP contribution in [0.15, 0.2) is 42.5 Å². The molecule has 0 saturated carbocycles. The SMILES string of the molecule is COC(=O)c1ccc(O[C@H](C)C(=O)Nc2ccccc2OC(F)F)c([N+](=O)[O-])c1. The number of hydrogen-bond donors (Lipinski definition) is 1. The molecule has 154 valence electrons. The molecule has 0 bridgehead atoms. The first-order valence-electron chi connectivity index (χ1n) is 8.11. The van der Waals surface area contributed by atoms with Crippen molar-refractivity contribution in [1.82, 2.24) is 0 Å². The van der Waals surface area contributed by atoms with E-state index in [-0.39, 0.29) is 22.7 Å². The third-order valence-electron chi connectivity index (χ3n) is 3.61.